The third kappa shape index (κ3) is 5.85. The first-order valence-corrected chi connectivity index (χ1v) is 15.2. The van der Waals surface area contributed by atoms with Crippen LogP contribution in [0.15, 0.2) is 64.0 Å². The number of hydrogen-bond donors (Lipinski definition) is 0. The topological polar surface area (TPSA) is 112 Å². The Morgan fingerprint density at radius 1 is 1.00 bits per heavy atom. The lowest BCUT2D eigenvalue weighted by molar-refractivity contribution is 0.221. The number of benzene rings is 3. The van der Waals surface area contributed by atoms with Gasteiger partial charge < -0.3 is 13.6 Å². The number of halogens is 2. The van der Waals surface area contributed by atoms with Crippen molar-refractivity contribution in [1.29, 1.82) is 0 Å². The summed E-state index contributed by atoms with van der Waals surface area (Å²) in [5, 5.41) is 5.52. The molecular weight excluding hydrogens is 560 g/mol. The first kappa shape index (κ1) is 27.6. The molecule has 13 heteroatoms. The molecule has 1 aromatic heterocycles. The van der Waals surface area contributed by atoms with Crippen molar-refractivity contribution in [3.05, 3.63) is 70.5 Å². The van der Waals surface area contributed by atoms with Crippen LogP contribution >= 0.6 is 30.8 Å². The molecule has 0 amide bonds. The summed E-state index contributed by atoms with van der Waals surface area (Å²) >= 11 is 12.3. The van der Waals surface area contributed by atoms with E-state index in [0.717, 1.165) is 9.69 Å². The van der Waals surface area contributed by atoms with Crippen molar-refractivity contribution in [2.24, 2.45) is 0 Å². The predicted octanol–water partition coefficient (Wildman–Crippen LogP) is 6.92. The molecule has 0 spiro atoms. The van der Waals surface area contributed by atoms with Crippen molar-refractivity contribution in [3.8, 4) is 11.4 Å². The highest BCUT2D eigenvalue weighted by molar-refractivity contribution is 7.93. The molecule has 9 nitrogen and oxygen atoms in total. The highest BCUT2D eigenvalue weighted by Gasteiger charge is 2.38. The van der Waals surface area contributed by atoms with Crippen molar-refractivity contribution in [2.75, 3.05) is 23.8 Å². The van der Waals surface area contributed by atoms with Gasteiger partial charge in [-0.2, -0.15) is 4.98 Å². The van der Waals surface area contributed by atoms with E-state index in [4.69, 9.17) is 36.8 Å². The maximum atomic E-state index is 14.3. The highest BCUT2D eigenvalue weighted by Crippen LogP contribution is 2.52. The van der Waals surface area contributed by atoms with Gasteiger partial charge in [0.1, 0.15) is 6.29 Å². The number of nitrogens with zero attached hydrogens (tertiary/aromatic N) is 3. The van der Waals surface area contributed by atoms with E-state index in [9.17, 15) is 13.0 Å². The Hall–Kier alpha value is -2.46. The number of anilines is 1. The zero-order valence-electron chi connectivity index (χ0n) is 20.2. The lowest BCUT2D eigenvalue weighted by Gasteiger charge is -2.30. The van der Waals surface area contributed by atoms with Crippen LogP contribution in [-0.4, -0.2) is 38.1 Å². The molecule has 4 rings (SSSR count). The average Bonchev–Trinajstić information content (AvgIpc) is 3.27. The molecule has 0 saturated heterocycles. The van der Waals surface area contributed by atoms with Crippen molar-refractivity contribution < 1.29 is 26.6 Å². The zero-order valence-corrected chi connectivity index (χ0v) is 23.4. The Kier molecular flexibility index (Phi) is 8.28. The largest absolute Gasteiger partial charge is 0.350 e. The van der Waals surface area contributed by atoms with E-state index < -0.39 is 23.9 Å². The predicted molar refractivity (Wildman–Crippen MR) is 144 cm³/mol. The van der Waals surface area contributed by atoms with Gasteiger partial charge in [0, 0.05) is 27.9 Å². The van der Waals surface area contributed by atoms with Crippen LogP contribution in [0.25, 0.3) is 22.2 Å². The van der Waals surface area contributed by atoms with E-state index in [1.165, 1.54) is 18.2 Å². The van der Waals surface area contributed by atoms with Crippen LogP contribution in [0.3, 0.4) is 0 Å². The SMILES string of the molecule is CCOP(=O)(CN(c1c(-c2noc(C)n2)ccc2ccccc12)S(=O)(=O)c1cc(Cl)cc(Cl)c1)OCC. The van der Waals surface area contributed by atoms with Crippen LogP contribution < -0.4 is 4.31 Å². The van der Waals surface area contributed by atoms with Gasteiger partial charge in [-0.3, -0.25) is 8.87 Å². The molecule has 0 fully saturated rings. The second-order valence-corrected chi connectivity index (χ2v) is 12.6. The summed E-state index contributed by atoms with van der Waals surface area (Å²) in [7, 11) is -8.39. The smallest absolute Gasteiger partial charge is 0.339 e. The van der Waals surface area contributed by atoms with Crippen molar-refractivity contribution in [2.45, 2.75) is 25.7 Å². The molecule has 1 heterocycles. The van der Waals surface area contributed by atoms with Crippen LogP contribution in [0.5, 0.6) is 0 Å². The van der Waals surface area contributed by atoms with Gasteiger partial charge in [-0.25, -0.2) is 8.42 Å². The minimum Gasteiger partial charge on any atom is -0.339 e. The molecule has 0 saturated carbocycles. The molecule has 196 valence electrons. The fraction of sp³-hybridized carbons (Fsp3) is 0.250. The number of aryl methyl sites for hydroxylation is 1. The summed E-state index contributed by atoms with van der Waals surface area (Å²) in [6.07, 6.45) is -0.626. The van der Waals surface area contributed by atoms with E-state index in [1.807, 2.05) is 18.2 Å². The van der Waals surface area contributed by atoms with Gasteiger partial charge in [0.25, 0.3) is 10.0 Å². The lowest BCUT2D eigenvalue weighted by Crippen LogP contribution is -2.33. The van der Waals surface area contributed by atoms with Crippen LogP contribution in [0.4, 0.5) is 5.69 Å². The molecule has 4 aromatic rings. The first-order chi connectivity index (χ1) is 17.6. The van der Waals surface area contributed by atoms with Crippen LogP contribution in [-0.2, 0) is 23.6 Å². The third-order valence-electron chi connectivity index (χ3n) is 5.30. The number of hydrogen-bond acceptors (Lipinski definition) is 8. The monoisotopic (exact) mass is 583 g/mol. The summed E-state index contributed by atoms with van der Waals surface area (Å²) in [5.74, 6) is 0.449. The number of aromatic nitrogens is 2. The standard InChI is InChI=1S/C24H24Cl2N3O6PS/c1-4-33-36(30,34-5-2)15-29(37(31,32)20-13-18(25)12-19(26)14-20)23-21-9-7-6-8-17(21)10-11-22(23)24-27-16(3)35-28-24/h6-14H,4-5,15H2,1-3H3. The van der Waals surface area contributed by atoms with Gasteiger partial charge >= 0.3 is 7.60 Å². The normalized spacial score (nSPS) is 12.2. The number of rotatable bonds is 10. The van der Waals surface area contributed by atoms with Gasteiger partial charge in [0.05, 0.1) is 23.8 Å². The fourth-order valence-corrected chi connectivity index (χ4v) is 8.27. The molecule has 0 aliphatic carbocycles. The first-order valence-electron chi connectivity index (χ1n) is 11.3. The maximum Gasteiger partial charge on any atom is 0.350 e. The van der Waals surface area contributed by atoms with Crippen LogP contribution in [0.1, 0.15) is 19.7 Å². The minimum atomic E-state index is -4.44. The second kappa shape index (κ2) is 11.1. The third-order valence-corrected chi connectivity index (χ3v) is 9.58. The Morgan fingerprint density at radius 2 is 1.65 bits per heavy atom. The number of fused-ring (bicyclic) bond motifs is 1. The molecule has 37 heavy (non-hydrogen) atoms. The van der Waals surface area contributed by atoms with E-state index >= 15 is 0 Å². The molecule has 0 aliphatic heterocycles. The molecule has 0 N–H and O–H groups in total. The van der Waals surface area contributed by atoms with E-state index in [1.54, 1.807) is 39.0 Å². The van der Waals surface area contributed by atoms with Crippen LogP contribution in [0.2, 0.25) is 10.0 Å². The quantitative estimate of drug-likeness (QED) is 0.185. The molecule has 0 atom stereocenters. The molecule has 0 unspecified atom stereocenters. The average molecular weight is 584 g/mol. The molecule has 0 radical (unpaired) electrons. The summed E-state index contributed by atoms with van der Waals surface area (Å²) < 4.78 is 59.4. The van der Waals surface area contributed by atoms with Gasteiger partial charge in [0.15, 0.2) is 0 Å². The van der Waals surface area contributed by atoms with Crippen molar-refractivity contribution in [3.63, 3.8) is 0 Å². The Bertz CT molecular complexity index is 1560. The summed E-state index contributed by atoms with van der Waals surface area (Å²) in [4.78, 5) is 4.11. The van der Waals surface area contributed by atoms with E-state index in [2.05, 4.69) is 10.1 Å². The van der Waals surface area contributed by atoms with Gasteiger partial charge in [0.2, 0.25) is 11.7 Å². The Morgan fingerprint density at radius 3 is 2.24 bits per heavy atom. The van der Waals surface area contributed by atoms with Crippen LogP contribution in [0, 0.1) is 6.92 Å². The van der Waals surface area contributed by atoms with E-state index in [0.29, 0.717) is 16.8 Å². The summed E-state index contributed by atoms with van der Waals surface area (Å²) in [5.41, 5.74) is 0.515. The van der Waals surface area contributed by atoms with Gasteiger partial charge in [-0.05, 0) is 43.5 Å². The minimum absolute atomic E-state index is 0.0423. The fourth-order valence-electron chi connectivity index (χ4n) is 3.85. The lowest BCUT2D eigenvalue weighted by atomic mass is 10.0. The van der Waals surface area contributed by atoms with Crippen molar-refractivity contribution >= 4 is 57.3 Å². The highest BCUT2D eigenvalue weighted by atomic mass is 35.5. The molecule has 0 aliphatic rings. The van der Waals surface area contributed by atoms with Crippen molar-refractivity contribution in [1.82, 2.24) is 10.1 Å². The molecular formula is C24H24Cl2N3O6PS. The molecule has 0 bridgehead atoms. The Balaban J connectivity index is 2.07. The zero-order chi connectivity index (χ0) is 26.8. The van der Waals surface area contributed by atoms with E-state index in [-0.39, 0.29) is 39.7 Å². The molecule has 3 aromatic carbocycles. The van der Waals surface area contributed by atoms with Gasteiger partial charge in [-0.15, -0.1) is 0 Å². The van der Waals surface area contributed by atoms with Gasteiger partial charge in [-0.1, -0.05) is 58.7 Å². The maximum absolute atomic E-state index is 14.3. The summed E-state index contributed by atoms with van der Waals surface area (Å²) in [6, 6.07) is 14.6. The summed E-state index contributed by atoms with van der Waals surface area (Å²) in [6.45, 7) is 5.00. The Labute approximate surface area is 224 Å². The second-order valence-electron chi connectivity index (χ2n) is 7.87. The number of sulfonamides is 1.